The summed E-state index contributed by atoms with van der Waals surface area (Å²) in [6.07, 6.45) is 7.82. The van der Waals surface area contributed by atoms with Crippen LogP contribution in [0.5, 0.6) is 0 Å². The van der Waals surface area contributed by atoms with E-state index in [4.69, 9.17) is 0 Å². The van der Waals surface area contributed by atoms with Crippen LogP contribution in [0, 0.1) is 0 Å². The number of hydrogen-bond acceptors (Lipinski definition) is 2. The third-order valence-corrected chi connectivity index (χ3v) is 4.19. The Morgan fingerprint density at radius 3 is 3.04 bits per heavy atom. The number of nitrogens with zero attached hydrogens (tertiary/aromatic N) is 2. The molecule has 0 radical (unpaired) electrons. The molecule has 3 rings (SSSR count). The fourth-order valence-corrected chi connectivity index (χ4v) is 2.93. The summed E-state index contributed by atoms with van der Waals surface area (Å²) in [5.41, 5.74) is 2.31. The topological polar surface area (TPSA) is 62.7 Å². The van der Waals surface area contributed by atoms with Gasteiger partial charge in [0, 0.05) is 42.8 Å². The van der Waals surface area contributed by atoms with E-state index >= 15 is 0 Å². The number of aromatic amines is 1. The van der Waals surface area contributed by atoms with Crippen LogP contribution in [0.2, 0.25) is 0 Å². The van der Waals surface area contributed by atoms with Crippen molar-refractivity contribution in [2.45, 2.75) is 25.8 Å². The van der Waals surface area contributed by atoms with Crippen LogP contribution in [0.25, 0.3) is 10.9 Å². The van der Waals surface area contributed by atoms with Gasteiger partial charge in [0.2, 0.25) is 5.91 Å². The Morgan fingerprint density at radius 2 is 2.22 bits per heavy atom. The van der Waals surface area contributed by atoms with E-state index in [0.717, 1.165) is 29.4 Å². The molecule has 0 unspecified atom stereocenters. The number of nitrogens with one attached hydrogen (secondary N) is 2. The van der Waals surface area contributed by atoms with Crippen LogP contribution in [0.3, 0.4) is 0 Å². The fraction of sp³-hybridized carbons (Fsp3) is 0.294. The normalized spacial score (nSPS) is 11.0. The smallest absolute Gasteiger partial charge is 0.220 e. The summed E-state index contributed by atoms with van der Waals surface area (Å²) in [7, 11) is 0. The number of rotatable bonds is 7. The van der Waals surface area contributed by atoms with Gasteiger partial charge in [-0.25, -0.2) is 0 Å². The van der Waals surface area contributed by atoms with Crippen molar-refractivity contribution in [2.75, 3.05) is 6.54 Å². The molecule has 2 N–H and O–H groups in total. The molecule has 120 valence electrons. The molecule has 23 heavy (non-hydrogen) atoms. The lowest BCUT2D eigenvalue weighted by molar-refractivity contribution is -0.121. The number of hydrogen-bond donors (Lipinski definition) is 2. The number of carbonyl (C=O) groups excluding carboxylic acids is 1. The highest BCUT2D eigenvalue weighted by molar-refractivity contribution is 9.10. The summed E-state index contributed by atoms with van der Waals surface area (Å²) in [6.45, 7) is 1.47. The summed E-state index contributed by atoms with van der Waals surface area (Å²) < 4.78 is 2.84. The second kappa shape index (κ2) is 7.46. The van der Waals surface area contributed by atoms with E-state index in [9.17, 15) is 4.79 Å². The van der Waals surface area contributed by atoms with Crippen molar-refractivity contribution >= 4 is 32.7 Å². The summed E-state index contributed by atoms with van der Waals surface area (Å²) in [5, 5.41) is 8.35. The number of para-hydroxylation sites is 1. The van der Waals surface area contributed by atoms with Gasteiger partial charge in [-0.3, -0.25) is 9.48 Å². The third-order valence-electron chi connectivity index (χ3n) is 3.78. The Labute approximate surface area is 143 Å². The highest BCUT2D eigenvalue weighted by Gasteiger charge is 2.06. The monoisotopic (exact) mass is 374 g/mol. The molecule has 6 heteroatoms. The van der Waals surface area contributed by atoms with Gasteiger partial charge in [0.05, 0.1) is 10.7 Å². The first-order valence-electron chi connectivity index (χ1n) is 7.72. The number of aromatic nitrogens is 3. The number of benzene rings is 1. The molecular weight excluding hydrogens is 356 g/mol. The van der Waals surface area contributed by atoms with Gasteiger partial charge in [-0.15, -0.1) is 0 Å². The number of halogens is 1. The summed E-state index contributed by atoms with van der Waals surface area (Å²) >= 11 is 3.37. The van der Waals surface area contributed by atoms with Crippen LogP contribution >= 0.6 is 15.9 Å². The second-order valence-corrected chi connectivity index (χ2v) is 6.40. The average molecular weight is 375 g/mol. The standard InChI is InChI=1S/C17H19BrN4O/c18-14-11-21-22(12-14)9-3-8-19-17(23)7-6-13-10-20-16-5-2-1-4-15(13)16/h1-2,4-5,10-12,20H,3,6-9H2,(H,19,23). The minimum absolute atomic E-state index is 0.0944. The molecule has 0 aliphatic rings. The maximum Gasteiger partial charge on any atom is 0.220 e. The van der Waals surface area contributed by atoms with Gasteiger partial charge in [-0.2, -0.15) is 5.10 Å². The summed E-state index contributed by atoms with van der Waals surface area (Å²) in [5.74, 6) is 0.0944. The molecule has 3 aromatic rings. The second-order valence-electron chi connectivity index (χ2n) is 5.48. The van der Waals surface area contributed by atoms with Crippen LogP contribution in [0.4, 0.5) is 0 Å². The van der Waals surface area contributed by atoms with Gasteiger partial charge < -0.3 is 10.3 Å². The van der Waals surface area contributed by atoms with Crippen molar-refractivity contribution in [2.24, 2.45) is 0 Å². The molecule has 0 fully saturated rings. The fourth-order valence-electron chi connectivity index (χ4n) is 2.60. The van der Waals surface area contributed by atoms with Crippen LogP contribution in [0.1, 0.15) is 18.4 Å². The quantitative estimate of drug-likeness (QED) is 0.623. The molecular formula is C17H19BrN4O. The van der Waals surface area contributed by atoms with Crippen LogP contribution in [-0.2, 0) is 17.8 Å². The zero-order valence-electron chi connectivity index (χ0n) is 12.8. The molecule has 0 spiro atoms. The van der Waals surface area contributed by atoms with Gasteiger partial charge in [-0.1, -0.05) is 18.2 Å². The molecule has 0 aliphatic heterocycles. The minimum atomic E-state index is 0.0944. The lowest BCUT2D eigenvalue weighted by Crippen LogP contribution is -2.25. The molecule has 0 saturated carbocycles. The van der Waals surface area contributed by atoms with Gasteiger partial charge >= 0.3 is 0 Å². The maximum atomic E-state index is 11.9. The van der Waals surface area contributed by atoms with Gasteiger partial charge in [0.15, 0.2) is 0 Å². The van der Waals surface area contributed by atoms with E-state index in [1.54, 1.807) is 6.20 Å². The highest BCUT2D eigenvalue weighted by Crippen LogP contribution is 2.18. The molecule has 1 amide bonds. The largest absolute Gasteiger partial charge is 0.361 e. The number of fused-ring (bicyclic) bond motifs is 1. The summed E-state index contributed by atoms with van der Waals surface area (Å²) in [4.78, 5) is 15.2. The zero-order valence-corrected chi connectivity index (χ0v) is 14.3. The van der Waals surface area contributed by atoms with Gasteiger partial charge in [-0.05, 0) is 40.4 Å². The first-order chi connectivity index (χ1) is 11.2. The van der Waals surface area contributed by atoms with Crippen LogP contribution in [0.15, 0.2) is 47.3 Å². The molecule has 2 heterocycles. The van der Waals surface area contributed by atoms with Gasteiger partial charge in [0.25, 0.3) is 0 Å². The predicted octanol–water partition coefficient (Wildman–Crippen LogP) is 3.27. The SMILES string of the molecule is O=C(CCc1c[nH]c2ccccc12)NCCCn1cc(Br)cn1. The Hall–Kier alpha value is -2.08. The predicted molar refractivity (Wildman–Crippen MR) is 94.2 cm³/mol. The van der Waals surface area contributed by atoms with E-state index in [2.05, 4.69) is 37.4 Å². The van der Waals surface area contributed by atoms with E-state index in [1.807, 2.05) is 35.3 Å². The van der Waals surface area contributed by atoms with Crippen molar-refractivity contribution < 1.29 is 4.79 Å². The Balaban J connectivity index is 1.39. The molecule has 5 nitrogen and oxygen atoms in total. The van der Waals surface area contributed by atoms with E-state index in [-0.39, 0.29) is 5.91 Å². The van der Waals surface area contributed by atoms with Crippen molar-refractivity contribution in [1.29, 1.82) is 0 Å². The third kappa shape index (κ3) is 4.22. The number of H-pyrrole nitrogens is 1. The zero-order chi connectivity index (χ0) is 16.1. The molecule has 0 bridgehead atoms. The molecule has 0 atom stereocenters. The lowest BCUT2D eigenvalue weighted by atomic mass is 10.1. The molecule has 0 saturated heterocycles. The number of carbonyl (C=O) groups is 1. The van der Waals surface area contributed by atoms with Crippen molar-refractivity contribution in [1.82, 2.24) is 20.1 Å². The first-order valence-corrected chi connectivity index (χ1v) is 8.51. The molecule has 0 aliphatic carbocycles. The Kier molecular flexibility index (Phi) is 5.12. The number of amides is 1. The maximum absolute atomic E-state index is 11.9. The van der Waals surface area contributed by atoms with Crippen molar-refractivity contribution in [3.05, 3.63) is 52.9 Å². The number of aryl methyl sites for hydroxylation is 2. The van der Waals surface area contributed by atoms with Crippen LogP contribution in [-0.4, -0.2) is 27.2 Å². The van der Waals surface area contributed by atoms with Crippen molar-refractivity contribution in [3.63, 3.8) is 0 Å². The highest BCUT2D eigenvalue weighted by atomic mass is 79.9. The average Bonchev–Trinajstić information content (AvgIpc) is 3.16. The van der Waals surface area contributed by atoms with E-state index in [0.29, 0.717) is 13.0 Å². The Bertz CT molecular complexity index is 793. The Morgan fingerprint density at radius 1 is 1.35 bits per heavy atom. The molecule has 1 aromatic carbocycles. The van der Waals surface area contributed by atoms with E-state index in [1.165, 1.54) is 10.9 Å². The minimum Gasteiger partial charge on any atom is -0.361 e. The first kappa shape index (κ1) is 15.8. The lowest BCUT2D eigenvalue weighted by Gasteiger charge is -2.05. The van der Waals surface area contributed by atoms with E-state index < -0.39 is 0 Å². The van der Waals surface area contributed by atoms with Gasteiger partial charge in [0.1, 0.15) is 0 Å². The van der Waals surface area contributed by atoms with Crippen LogP contribution < -0.4 is 5.32 Å². The molecule has 2 aromatic heterocycles. The summed E-state index contributed by atoms with van der Waals surface area (Å²) in [6, 6.07) is 8.16. The van der Waals surface area contributed by atoms with Crippen molar-refractivity contribution in [3.8, 4) is 0 Å².